The molecule has 1 aliphatic heterocycles. The summed E-state index contributed by atoms with van der Waals surface area (Å²) in [5.74, 6) is -2.11. The van der Waals surface area contributed by atoms with E-state index in [9.17, 15) is 19.2 Å². The third kappa shape index (κ3) is 10.2. The van der Waals surface area contributed by atoms with Gasteiger partial charge in [0, 0.05) is 32.1 Å². The highest BCUT2D eigenvalue weighted by atomic mass is 16.5. The maximum atomic E-state index is 13.1. The third-order valence-electron chi connectivity index (χ3n) is 5.49. The van der Waals surface area contributed by atoms with Gasteiger partial charge >= 0.3 is 6.09 Å². The molecule has 1 heterocycles. The molecule has 0 saturated carbocycles. The van der Waals surface area contributed by atoms with Gasteiger partial charge < -0.3 is 20.1 Å². The van der Waals surface area contributed by atoms with Crippen LogP contribution in [0.3, 0.4) is 0 Å². The number of Topliss-reactive ketones (excluding diaryl/α,β-unsaturated/α-hetero) is 2. The SMILES string of the molecule is CC(C)CC(NC(=O)OCc1ccccc1)C(=O)CC1CCCOCCCCNC(=O)C1=O. The number of amides is 2. The van der Waals surface area contributed by atoms with Crippen LogP contribution in [0.5, 0.6) is 0 Å². The van der Waals surface area contributed by atoms with E-state index in [-0.39, 0.29) is 24.7 Å². The molecule has 0 aliphatic carbocycles. The highest BCUT2D eigenvalue weighted by Gasteiger charge is 2.31. The number of benzene rings is 1. The fraction of sp³-hybridized carbons (Fsp3) is 0.600. The van der Waals surface area contributed by atoms with Gasteiger partial charge in [-0.1, -0.05) is 44.2 Å². The highest BCUT2D eigenvalue weighted by Crippen LogP contribution is 2.18. The Kier molecular flexibility index (Phi) is 11.6. The number of rotatable bonds is 8. The van der Waals surface area contributed by atoms with Crippen LogP contribution in [0, 0.1) is 11.8 Å². The molecule has 1 saturated heterocycles. The van der Waals surface area contributed by atoms with Gasteiger partial charge in [0.05, 0.1) is 6.04 Å². The standard InChI is InChI=1S/C25H36N2O6/c1-18(2)15-21(27-25(31)33-17-19-9-4-3-5-10-19)22(28)16-20-11-8-14-32-13-7-6-12-26-24(30)23(20)29/h3-5,9-10,18,20-21H,6-8,11-17H2,1-2H3,(H,26,30)(H,27,31). The quantitative estimate of drug-likeness (QED) is 0.577. The van der Waals surface area contributed by atoms with Crippen LogP contribution in [-0.2, 0) is 30.5 Å². The van der Waals surface area contributed by atoms with Crippen molar-refractivity contribution in [2.75, 3.05) is 19.8 Å². The molecule has 1 aromatic carbocycles. The Morgan fingerprint density at radius 2 is 1.85 bits per heavy atom. The number of nitrogens with one attached hydrogen (secondary N) is 2. The fourth-order valence-corrected chi connectivity index (χ4v) is 3.70. The zero-order chi connectivity index (χ0) is 24.1. The smallest absolute Gasteiger partial charge is 0.408 e. The van der Waals surface area contributed by atoms with E-state index in [0.29, 0.717) is 39.0 Å². The minimum atomic E-state index is -0.790. The van der Waals surface area contributed by atoms with Gasteiger partial charge in [-0.15, -0.1) is 0 Å². The normalized spacial score (nSPS) is 19.1. The van der Waals surface area contributed by atoms with Crippen molar-refractivity contribution in [3.63, 3.8) is 0 Å². The molecule has 33 heavy (non-hydrogen) atoms. The van der Waals surface area contributed by atoms with E-state index in [4.69, 9.17) is 9.47 Å². The monoisotopic (exact) mass is 460 g/mol. The molecule has 2 amide bonds. The second kappa shape index (κ2) is 14.4. The summed E-state index contributed by atoms with van der Waals surface area (Å²) in [4.78, 5) is 50.4. The number of carbonyl (C=O) groups is 4. The van der Waals surface area contributed by atoms with Crippen molar-refractivity contribution < 1.29 is 28.7 Å². The number of carbonyl (C=O) groups excluding carboxylic acids is 4. The summed E-state index contributed by atoms with van der Waals surface area (Å²) in [6, 6.07) is 8.46. The van der Waals surface area contributed by atoms with Gasteiger partial charge in [-0.25, -0.2) is 4.79 Å². The molecule has 2 rings (SSSR count). The largest absolute Gasteiger partial charge is 0.445 e. The Hall–Kier alpha value is -2.74. The molecule has 0 aromatic heterocycles. The van der Waals surface area contributed by atoms with E-state index in [2.05, 4.69) is 10.6 Å². The fourth-order valence-electron chi connectivity index (χ4n) is 3.70. The van der Waals surface area contributed by atoms with Gasteiger partial charge in [-0.2, -0.15) is 0 Å². The average molecular weight is 461 g/mol. The van der Waals surface area contributed by atoms with E-state index in [1.165, 1.54) is 0 Å². The zero-order valence-corrected chi connectivity index (χ0v) is 19.6. The summed E-state index contributed by atoms with van der Waals surface area (Å²) >= 11 is 0. The molecule has 8 heteroatoms. The number of ketones is 2. The predicted molar refractivity (Wildman–Crippen MR) is 123 cm³/mol. The lowest BCUT2D eigenvalue weighted by Crippen LogP contribution is -2.44. The summed E-state index contributed by atoms with van der Waals surface area (Å²) in [5.41, 5.74) is 0.839. The molecule has 0 bridgehead atoms. The molecular formula is C25H36N2O6. The van der Waals surface area contributed by atoms with Crippen molar-refractivity contribution in [1.29, 1.82) is 0 Å². The molecule has 2 N–H and O–H groups in total. The molecule has 1 aromatic rings. The Labute approximate surface area is 195 Å². The molecule has 0 spiro atoms. The third-order valence-corrected chi connectivity index (χ3v) is 5.49. The van der Waals surface area contributed by atoms with Crippen LogP contribution in [0.15, 0.2) is 30.3 Å². The lowest BCUT2D eigenvalue weighted by atomic mass is 9.88. The molecule has 1 aliphatic rings. The van der Waals surface area contributed by atoms with E-state index < -0.39 is 29.7 Å². The number of ether oxygens (including phenoxy) is 2. The van der Waals surface area contributed by atoms with Crippen LogP contribution in [0.1, 0.15) is 57.9 Å². The van der Waals surface area contributed by atoms with Crippen LogP contribution in [0.2, 0.25) is 0 Å². The van der Waals surface area contributed by atoms with Gasteiger partial charge in [-0.05, 0) is 43.6 Å². The minimum absolute atomic E-state index is 0.0938. The highest BCUT2D eigenvalue weighted by molar-refractivity contribution is 6.37. The second-order valence-corrected chi connectivity index (χ2v) is 8.84. The van der Waals surface area contributed by atoms with Crippen LogP contribution in [0.4, 0.5) is 4.79 Å². The van der Waals surface area contributed by atoms with Crippen LogP contribution >= 0.6 is 0 Å². The van der Waals surface area contributed by atoms with Crippen molar-refractivity contribution in [3.8, 4) is 0 Å². The first-order valence-electron chi connectivity index (χ1n) is 11.8. The van der Waals surface area contributed by atoms with E-state index >= 15 is 0 Å². The van der Waals surface area contributed by atoms with Gasteiger partial charge in [0.25, 0.3) is 5.91 Å². The molecular weight excluding hydrogens is 424 g/mol. The van der Waals surface area contributed by atoms with Crippen molar-refractivity contribution in [2.45, 2.75) is 65.0 Å². The Morgan fingerprint density at radius 1 is 1.12 bits per heavy atom. The average Bonchev–Trinajstić information content (AvgIpc) is 2.79. The first kappa shape index (κ1) is 26.5. The molecule has 8 nitrogen and oxygen atoms in total. The minimum Gasteiger partial charge on any atom is -0.445 e. The summed E-state index contributed by atoms with van der Waals surface area (Å²) in [5, 5.41) is 5.29. The van der Waals surface area contributed by atoms with E-state index in [1.807, 2.05) is 44.2 Å². The van der Waals surface area contributed by atoms with Gasteiger partial charge in [0.1, 0.15) is 6.61 Å². The van der Waals surface area contributed by atoms with Crippen LogP contribution in [0.25, 0.3) is 0 Å². The molecule has 2 atom stereocenters. The summed E-state index contributed by atoms with van der Waals surface area (Å²) in [6.45, 7) is 5.49. The van der Waals surface area contributed by atoms with Crippen molar-refractivity contribution in [3.05, 3.63) is 35.9 Å². The van der Waals surface area contributed by atoms with Crippen LogP contribution < -0.4 is 10.6 Å². The van der Waals surface area contributed by atoms with Gasteiger partial charge in [-0.3, -0.25) is 14.4 Å². The lowest BCUT2D eigenvalue weighted by Gasteiger charge is -2.22. The van der Waals surface area contributed by atoms with Gasteiger partial charge in [0.15, 0.2) is 5.78 Å². The first-order valence-corrected chi connectivity index (χ1v) is 11.8. The van der Waals surface area contributed by atoms with E-state index in [0.717, 1.165) is 18.4 Å². The van der Waals surface area contributed by atoms with Crippen molar-refractivity contribution >= 4 is 23.6 Å². The molecule has 1 fully saturated rings. The van der Waals surface area contributed by atoms with Gasteiger partial charge in [0.2, 0.25) is 5.78 Å². The van der Waals surface area contributed by atoms with Crippen molar-refractivity contribution in [1.82, 2.24) is 10.6 Å². The second-order valence-electron chi connectivity index (χ2n) is 8.84. The number of alkyl carbamates (subject to hydrolysis) is 1. The Balaban J connectivity index is 2.00. The Bertz CT molecular complexity index is 780. The predicted octanol–water partition coefficient (Wildman–Crippen LogP) is 3.18. The zero-order valence-electron chi connectivity index (χ0n) is 19.6. The van der Waals surface area contributed by atoms with Crippen molar-refractivity contribution in [2.24, 2.45) is 11.8 Å². The Morgan fingerprint density at radius 3 is 2.58 bits per heavy atom. The summed E-state index contributed by atoms with van der Waals surface area (Å²) in [7, 11) is 0. The first-order chi connectivity index (χ1) is 15.9. The number of hydrogen-bond donors (Lipinski definition) is 2. The maximum absolute atomic E-state index is 13.1. The molecule has 2 unspecified atom stereocenters. The van der Waals surface area contributed by atoms with Crippen LogP contribution in [-0.4, -0.2) is 49.4 Å². The summed E-state index contributed by atoms with van der Waals surface area (Å²) in [6.07, 6.45) is 2.13. The number of hydrogen-bond acceptors (Lipinski definition) is 6. The summed E-state index contributed by atoms with van der Waals surface area (Å²) < 4.78 is 10.8. The molecule has 0 radical (unpaired) electrons. The molecule has 182 valence electrons. The topological polar surface area (TPSA) is 111 Å². The lowest BCUT2D eigenvalue weighted by molar-refractivity contribution is -0.141. The maximum Gasteiger partial charge on any atom is 0.408 e. The van der Waals surface area contributed by atoms with E-state index in [1.54, 1.807) is 0 Å².